The number of nitrogens with zero attached hydrogens (tertiary/aromatic N) is 5. The topological polar surface area (TPSA) is 189 Å². The summed E-state index contributed by atoms with van der Waals surface area (Å²) in [6, 6.07) is 34.4. The van der Waals surface area contributed by atoms with Gasteiger partial charge in [-0.3, -0.25) is 19.3 Å². The third-order valence-electron chi connectivity index (χ3n) is 11.9. The van der Waals surface area contributed by atoms with Gasteiger partial charge < -0.3 is 29.8 Å². The first-order valence-electron chi connectivity index (χ1n) is 20.4. The quantitative estimate of drug-likeness (QED) is 0.103. The zero-order valence-corrected chi connectivity index (χ0v) is 34.1. The van der Waals surface area contributed by atoms with Crippen molar-refractivity contribution in [3.63, 3.8) is 0 Å². The van der Waals surface area contributed by atoms with E-state index in [4.69, 9.17) is 24.7 Å². The van der Waals surface area contributed by atoms with E-state index in [9.17, 15) is 19.5 Å². The van der Waals surface area contributed by atoms with Gasteiger partial charge in [0.15, 0.2) is 0 Å². The Morgan fingerprint density at radius 3 is 2.32 bits per heavy atom. The van der Waals surface area contributed by atoms with Crippen molar-refractivity contribution in [2.24, 2.45) is 11.7 Å². The van der Waals surface area contributed by atoms with Crippen LogP contribution in [0.2, 0.25) is 0 Å². The zero-order valence-electron chi connectivity index (χ0n) is 34.1. The molecule has 1 spiro atoms. The number of para-hydroxylation sites is 2. The van der Waals surface area contributed by atoms with E-state index in [0.29, 0.717) is 27.8 Å². The van der Waals surface area contributed by atoms with Gasteiger partial charge in [0, 0.05) is 18.2 Å². The lowest BCUT2D eigenvalue weighted by Gasteiger charge is -2.46. The minimum Gasteiger partial charge on any atom is -0.491 e. The van der Waals surface area contributed by atoms with Gasteiger partial charge in [-0.15, -0.1) is 5.10 Å². The molecule has 0 unspecified atom stereocenters. The van der Waals surface area contributed by atoms with Crippen molar-refractivity contribution in [1.82, 2.24) is 19.9 Å². The zero-order chi connectivity index (χ0) is 43.7. The molecule has 318 valence electrons. The number of methoxy groups -OCH3 is 1. The fourth-order valence-corrected chi connectivity index (χ4v) is 9.49. The molecule has 3 amide bonds. The van der Waals surface area contributed by atoms with Crippen molar-refractivity contribution in [2.45, 2.75) is 36.2 Å². The van der Waals surface area contributed by atoms with Crippen LogP contribution in [0.15, 0.2) is 127 Å². The number of aliphatic hydroxyl groups is 1. The number of primary amides is 1. The number of ether oxygens (including phenoxy) is 4. The highest BCUT2D eigenvalue weighted by molar-refractivity contribution is 6.23. The van der Waals surface area contributed by atoms with Gasteiger partial charge in [-0.05, 0) is 53.1 Å². The molecule has 63 heavy (non-hydrogen) atoms. The van der Waals surface area contributed by atoms with Crippen LogP contribution in [0, 0.1) is 17.8 Å². The molecule has 3 N–H and O–H groups in total. The molecule has 15 nitrogen and oxygen atoms in total. The van der Waals surface area contributed by atoms with E-state index in [1.165, 1.54) is 7.11 Å². The number of anilines is 1. The third-order valence-corrected chi connectivity index (χ3v) is 11.9. The van der Waals surface area contributed by atoms with Gasteiger partial charge in [0.25, 0.3) is 0 Å². The third kappa shape index (κ3) is 6.94. The summed E-state index contributed by atoms with van der Waals surface area (Å²) in [7, 11) is 1.45. The molecule has 0 bridgehead atoms. The number of amides is 3. The van der Waals surface area contributed by atoms with Crippen molar-refractivity contribution < 1.29 is 43.2 Å². The van der Waals surface area contributed by atoms with Crippen LogP contribution in [0.5, 0.6) is 5.75 Å². The summed E-state index contributed by atoms with van der Waals surface area (Å²) in [6.45, 7) is -0.406. The van der Waals surface area contributed by atoms with Crippen LogP contribution in [0.4, 0.5) is 10.5 Å². The summed E-state index contributed by atoms with van der Waals surface area (Å²) >= 11 is 0. The van der Waals surface area contributed by atoms with Crippen LogP contribution in [-0.2, 0) is 40.6 Å². The first-order valence-corrected chi connectivity index (χ1v) is 20.4. The number of aromatic nitrogens is 3. The Bertz CT molecular complexity index is 2770. The van der Waals surface area contributed by atoms with Crippen molar-refractivity contribution in [2.75, 3.05) is 38.4 Å². The summed E-state index contributed by atoms with van der Waals surface area (Å²) in [6.07, 6.45) is -1.96. The second kappa shape index (κ2) is 17.2. The number of morpholine rings is 1. The molecule has 0 aliphatic carbocycles. The fraction of sp³-hybridized carbons (Fsp3) is 0.250. The maximum absolute atomic E-state index is 16.0. The molecule has 6 atom stereocenters. The molecule has 2 saturated heterocycles. The Hall–Kier alpha value is -7.38. The minimum atomic E-state index is -2.11. The van der Waals surface area contributed by atoms with Gasteiger partial charge in [-0.1, -0.05) is 108 Å². The molecule has 0 radical (unpaired) electrons. The van der Waals surface area contributed by atoms with Crippen molar-refractivity contribution in [3.8, 4) is 17.6 Å². The minimum absolute atomic E-state index is 0.0464. The predicted molar refractivity (Wildman–Crippen MR) is 228 cm³/mol. The molecule has 9 rings (SSSR count). The Balaban J connectivity index is 1.31. The monoisotopic (exact) mass is 846 g/mol. The molecule has 6 aromatic rings. The number of hydrogen-bond acceptors (Lipinski definition) is 12. The van der Waals surface area contributed by atoms with E-state index in [0.717, 1.165) is 10.4 Å². The number of benzene rings is 5. The Morgan fingerprint density at radius 1 is 0.857 bits per heavy atom. The predicted octanol–water partition coefficient (Wildman–Crippen LogP) is 4.79. The standard InChI is InChI=1S/C48H42N6O9/c1-60-27-28-62-47(59)53-36-23-22-30(13-12-24-52-37-20-10-9-19-35(37)50-51-52)29-34(36)48(46(53)58)39(44(49)56)41-45(57)63-42(32-16-6-3-7-17-32)40(31-14-4-2-5-15-31)54(41)43(48)33-18-8-11-21-38(33)61-26-25-55/h2-11,14-23,29,39-43,55H,24-28H2,1H3,(H2,49,56)/t39-,40-,41-,42+,43+,48-/m0/s1. The van der Waals surface area contributed by atoms with E-state index in [1.807, 2.05) is 89.8 Å². The van der Waals surface area contributed by atoms with Gasteiger partial charge in [0.1, 0.15) is 48.6 Å². The molecule has 3 aliphatic rings. The second-order valence-electron chi connectivity index (χ2n) is 15.3. The summed E-state index contributed by atoms with van der Waals surface area (Å²) in [5.74, 6) is 2.36. The second-order valence-corrected chi connectivity index (χ2v) is 15.3. The maximum atomic E-state index is 16.0. The lowest BCUT2D eigenvalue weighted by Crippen LogP contribution is -2.55. The molecule has 2 fully saturated rings. The molecule has 3 aliphatic heterocycles. The van der Waals surface area contributed by atoms with Crippen LogP contribution in [-0.4, -0.2) is 88.5 Å². The number of aliphatic hydroxyl groups excluding tert-OH is 1. The van der Waals surface area contributed by atoms with Crippen molar-refractivity contribution in [1.29, 1.82) is 0 Å². The summed E-state index contributed by atoms with van der Waals surface area (Å²) in [5, 5.41) is 18.4. The molecule has 15 heteroatoms. The Kier molecular flexibility index (Phi) is 11.2. The first kappa shape index (κ1) is 41.0. The molecule has 5 aromatic carbocycles. The number of hydrogen-bond donors (Lipinski definition) is 2. The average molecular weight is 847 g/mol. The largest absolute Gasteiger partial charge is 0.491 e. The van der Waals surface area contributed by atoms with Crippen LogP contribution in [0.25, 0.3) is 11.0 Å². The number of esters is 1. The van der Waals surface area contributed by atoms with Crippen molar-refractivity contribution in [3.05, 3.63) is 155 Å². The van der Waals surface area contributed by atoms with E-state index >= 15 is 4.79 Å². The van der Waals surface area contributed by atoms with Gasteiger partial charge >= 0.3 is 12.1 Å². The normalized spacial score (nSPS) is 22.6. The number of carbonyl (C=O) groups excluding carboxylic acids is 4. The van der Waals surface area contributed by atoms with Crippen LogP contribution < -0.4 is 15.4 Å². The fourth-order valence-electron chi connectivity index (χ4n) is 9.49. The Morgan fingerprint density at radius 2 is 1.57 bits per heavy atom. The van der Waals surface area contributed by atoms with Crippen LogP contribution >= 0.6 is 0 Å². The van der Waals surface area contributed by atoms with Crippen LogP contribution in [0.3, 0.4) is 0 Å². The van der Waals surface area contributed by atoms with Gasteiger partial charge in [0.05, 0.1) is 42.4 Å². The summed E-state index contributed by atoms with van der Waals surface area (Å²) in [5.41, 5.74) is 8.40. The van der Waals surface area contributed by atoms with Crippen LogP contribution in [0.1, 0.15) is 46.0 Å². The number of imide groups is 1. The number of rotatable bonds is 11. The van der Waals surface area contributed by atoms with E-state index in [-0.39, 0.29) is 50.0 Å². The molecule has 1 aromatic heterocycles. The van der Waals surface area contributed by atoms with Crippen molar-refractivity contribution >= 4 is 40.6 Å². The SMILES string of the molecule is COCCOC(=O)N1C(=O)[C@@]2(c3cc(C#CCn4nnc5ccccc54)ccc31)[C@H](C(N)=O)[C@H]1C(=O)O[C@H](c3ccccc3)[C@H](c3ccccc3)N1[C@@H]2c1ccccc1OCCO. The lowest BCUT2D eigenvalue weighted by atomic mass is 9.65. The summed E-state index contributed by atoms with van der Waals surface area (Å²) in [4.78, 5) is 62.5. The van der Waals surface area contributed by atoms with E-state index in [2.05, 4.69) is 22.2 Å². The van der Waals surface area contributed by atoms with E-state index < -0.39 is 59.4 Å². The Labute approximate surface area is 361 Å². The van der Waals surface area contributed by atoms with Gasteiger partial charge in [-0.2, -0.15) is 0 Å². The molecule has 4 heterocycles. The lowest BCUT2D eigenvalue weighted by molar-refractivity contribution is -0.178. The number of cyclic esters (lactones) is 1. The van der Waals surface area contributed by atoms with Gasteiger partial charge in [-0.25, -0.2) is 14.4 Å². The summed E-state index contributed by atoms with van der Waals surface area (Å²) < 4.78 is 25.0. The van der Waals surface area contributed by atoms with Gasteiger partial charge in [0.2, 0.25) is 11.8 Å². The highest BCUT2D eigenvalue weighted by Crippen LogP contribution is 2.66. The molecular weight excluding hydrogens is 805 g/mol. The maximum Gasteiger partial charge on any atom is 0.421 e. The average Bonchev–Trinajstić information content (AvgIpc) is 3.95. The number of carbonyl (C=O) groups is 4. The van der Waals surface area contributed by atoms with E-state index in [1.54, 1.807) is 47.1 Å². The highest BCUT2D eigenvalue weighted by atomic mass is 16.6. The smallest absolute Gasteiger partial charge is 0.421 e. The number of nitrogens with two attached hydrogens (primary N) is 1. The first-order chi connectivity index (χ1) is 30.8. The molecule has 0 saturated carbocycles. The highest BCUT2D eigenvalue weighted by Gasteiger charge is 2.75. The molecular formula is C48H42N6O9. The number of fused-ring (bicyclic) bond motifs is 4.